The maximum atomic E-state index is 12.0. The van der Waals surface area contributed by atoms with E-state index in [-0.39, 0.29) is 11.7 Å². The van der Waals surface area contributed by atoms with Gasteiger partial charge in [0.1, 0.15) is 5.75 Å². The largest absolute Gasteiger partial charge is 0.508 e. The van der Waals surface area contributed by atoms with Gasteiger partial charge < -0.3 is 15.7 Å². The lowest BCUT2D eigenvalue weighted by Crippen LogP contribution is -2.42. The molecule has 0 aliphatic carbocycles. The smallest absolute Gasteiger partial charge is 0.251 e. The van der Waals surface area contributed by atoms with Crippen LogP contribution in [-0.2, 0) is 0 Å². The Morgan fingerprint density at radius 1 is 1.53 bits per heavy atom. The van der Waals surface area contributed by atoms with Crippen LogP contribution < -0.4 is 10.6 Å². The minimum absolute atomic E-state index is 0.0686. The molecular formula is C15H22N2O2. The lowest BCUT2D eigenvalue weighted by molar-refractivity contribution is 0.0939. The SMILES string of the molecule is Cc1cc(C(=O)NCC2CNCCC2C)ccc1O. The van der Waals surface area contributed by atoms with Crippen LogP contribution in [0.4, 0.5) is 0 Å². The second kappa shape index (κ2) is 6.06. The van der Waals surface area contributed by atoms with Crippen molar-refractivity contribution in [3.05, 3.63) is 29.3 Å². The molecule has 1 heterocycles. The summed E-state index contributed by atoms with van der Waals surface area (Å²) < 4.78 is 0. The van der Waals surface area contributed by atoms with Gasteiger partial charge in [0.2, 0.25) is 0 Å². The molecule has 2 unspecified atom stereocenters. The highest BCUT2D eigenvalue weighted by atomic mass is 16.3. The summed E-state index contributed by atoms with van der Waals surface area (Å²) in [6.07, 6.45) is 1.17. The summed E-state index contributed by atoms with van der Waals surface area (Å²) in [6.45, 7) is 6.77. The van der Waals surface area contributed by atoms with E-state index in [1.165, 1.54) is 6.42 Å². The lowest BCUT2D eigenvalue weighted by atomic mass is 9.88. The van der Waals surface area contributed by atoms with Gasteiger partial charge in [-0.2, -0.15) is 0 Å². The lowest BCUT2D eigenvalue weighted by Gasteiger charge is -2.29. The van der Waals surface area contributed by atoms with E-state index < -0.39 is 0 Å². The third-order valence-corrected chi connectivity index (χ3v) is 3.97. The highest BCUT2D eigenvalue weighted by Crippen LogP contribution is 2.19. The van der Waals surface area contributed by atoms with E-state index >= 15 is 0 Å². The first kappa shape index (κ1) is 13.9. The maximum absolute atomic E-state index is 12.0. The number of hydrogen-bond donors (Lipinski definition) is 3. The Hall–Kier alpha value is -1.55. The number of hydrogen-bond acceptors (Lipinski definition) is 3. The van der Waals surface area contributed by atoms with E-state index in [0.29, 0.717) is 23.9 Å². The molecule has 1 fully saturated rings. The van der Waals surface area contributed by atoms with Crippen molar-refractivity contribution in [2.24, 2.45) is 11.8 Å². The van der Waals surface area contributed by atoms with Crippen molar-refractivity contribution >= 4 is 5.91 Å². The van der Waals surface area contributed by atoms with Gasteiger partial charge in [-0.05, 0) is 62.0 Å². The average molecular weight is 262 g/mol. The molecule has 2 rings (SSSR count). The zero-order valence-electron chi connectivity index (χ0n) is 11.6. The Balaban J connectivity index is 1.91. The van der Waals surface area contributed by atoms with Crippen LogP contribution in [0.3, 0.4) is 0 Å². The summed E-state index contributed by atoms with van der Waals surface area (Å²) in [5.41, 5.74) is 1.33. The van der Waals surface area contributed by atoms with Crippen molar-refractivity contribution in [2.75, 3.05) is 19.6 Å². The number of aromatic hydroxyl groups is 1. The molecule has 1 aliphatic heterocycles. The molecule has 4 heteroatoms. The molecule has 3 N–H and O–H groups in total. The summed E-state index contributed by atoms with van der Waals surface area (Å²) >= 11 is 0. The molecule has 1 saturated heterocycles. The molecule has 0 spiro atoms. The first-order chi connectivity index (χ1) is 9.08. The third-order valence-electron chi connectivity index (χ3n) is 3.97. The minimum atomic E-state index is -0.0686. The summed E-state index contributed by atoms with van der Waals surface area (Å²) in [4.78, 5) is 12.0. The highest BCUT2D eigenvalue weighted by Gasteiger charge is 2.21. The van der Waals surface area contributed by atoms with Crippen LogP contribution in [-0.4, -0.2) is 30.6 Å². The van der Waals surface area contributed by atoms with Gasteiger partial charge >= 0.3 is 0 Å². The van der Waals surface area contributed by atoms with Crippen LogP contribution in [0.15, 0.2) is 18.2 Å². The normalized spacial score (nSPS) is 23.1. The zero-order chi connectivity index (χ0) is 13.8. The van der Waals surface area contributed by atoms with Crippen molar-refractivity contribution < 1.29 is 9.90 Å². The topological polar surface area (TPSA) is 61.4 Å². The monoisotopic (exact) mass is 262 g/mol. The van der Waals surface area contributed by atoms with Crippen LogP contribution in [0.25, 0.3) is 0 Å². The molecule has 0 radical (unpaired) electrons. The van der Waals surface area contributed by atoms with Crippen LogP contribution in [0.2, 0.25) is 0 Å². The molecule has 0 bridgehead atoms. The summed E-state index contributed by atoms with van der Waals surface area (Å²) in [5.74, 6) is 1.29. The molecule has 1 amide bonds. The summed E-state index contributed by atoms with van der Waals surface area (Å²) in [7, 11) is 0. The molecule has 0 saturated carbocycles. The zero-order valence-corrected chi connectivity index (χ0v) is 11.6. The van der Waals surface area contributed by atoms with Gasteiger partial charge in [0.15, 0.2) is 0 Å². The van der Waals surface area contributed by atoms with Crippen LogP contribution in [0.1, 0.15) is 29.3 Å². The molecule has 2 atom stereocenters. The van der Waals surface area contributed by atoms with Gasteiger partial charge in [-0.15, -0.1) is 0 Å². The van der Waals surface area contributed by atoms with Crippen molar-refractivity contribution in [1.82, 2.24) is 10.6 Å². The number of piperidine rings is 1. The second-order valence-electron chi connectivity index (χ2n) is 5.44. The fourth-order valence-corrected chi connectivity index (χ4v) is 2.45. The molecule has 1 aliphatic rings. The van der Waals surface area contributed by atoms with E-state index in [9.17, 15) is 9.90 Å². The van der Waals surface area contributed by atoms with Crippen LogP contribution in [0.5, 0.6) is 5.75 Å². The predicted octanol–water partition coefficient (Wildman–Crippen LogP) is 1.68. The number of carbonyl (C=O) groups excluding carboxylic acids is 1. The number of phenolic OH excluding ortho intramolecular Hbond substituents is 1. The average Bonchev–Trinajstić information content (AvgIpc) is 2.40. The number of rotatable bonds is 3. The summed E-state index contributed by atoms with van der Waals surface area (Å²) in [6, 6.07) is 4.93. The van der Waals surface area contributed by atoms with E-state index in [2.05, 4.69) is 17.6 Å². The number of carbonyl (C=O) groups is 1. The van der Waals surface area contributed by atoms with E-state index in [4.69, 9.17) is 0 Å². The minimum Gasteiger partial charge on any atom is -0.508 e. The molecule has 0 aromatic heterocycles. The van der Waals surface area contributed by atoms with Gasteiger partial charge in [0, 0.05) is 12.1 Å². The quantitative estimate of drug-likeness (QED) is 0.776. The number of amides is 1. The van der Waals surface area contributed by atoms with Gasteiger partial charge in [-0.3, -0.25) is 4.79 Å². The molecule has 1 aromatic carbocycles. The van der Waals surface area contributed by atoms with Gasteiger partial charge in [-0.25, -0.2) is 0 Å². The Morgan fingerprint density at radius 2 is 2.32 bits per heavy atom. The van der Waals surface area contributed by atoms with Crippen molar-refractivity contribution in [3.8, 4) is 5.75 Å². The van der Waals surface area contributed by atoms with Gasteiger partial charge in [-0.1, -0.05) is 6.92 Å². The molecule has 4 nitrogen and oxygen atoms in total. The highest BCUT2D eigenvalue weighted by molar-refractivity contribution is 5.94. The van der Waals surface area contributed by atoms with E-state index in [1.54, 1.807) is 25.1 Å². The molecule has 19 heavy (non-hydrogen) atoms. The number of aryl methyl sites for hydroxylation is 1. The standard InChI is InChI=1S/C15H22N2O2/c1-10-5-6-16-8-13(10)9-17-15(19)12-3-4-14(18)11(2)7-12/h3-4,7,10,13,16,18H,5-6,8-9H2,1-2H3,(H,17,19). The first-order valence-electron chi connectivity index (χ1n) is 6.86. The second-order valence-corrected chi connectivity index (χ2v) is 5.44. The van der Waals surface area contributed by atoms with Crippen LogP contribution >= 0.6 is 0 Å². The Labute approximate surface area is 114 Å². The van der Waals surface area contributed by atoms with Crippen molar-refractivity contribution in [2.45, 2.75) is 20.3 Å². The Kier molecular flexibility index (Phi) is 4.43. The van der Waals surface area contributed by atoms with Crippen molar-refractivity contribution in [1.29, 1.82) is 0 Å². The fraction of sp³-hybridized carbons (Fsp3) is 0.533. The molecular weight excluding hydrogens is 240 g/mol. The van der Waals surface area contributed by atoms with E-state index in [0.717, 1.165) is 18.7 Å². The number of benzene rings is 1. The molecule has 1 aromatic rings. The third kappa shape index (κ3) is 3.47. The Morgan fingerprint density at radius 3 is 3.00 bits per heavy atom. The first-order valence-corrected chi connectivity index (χ1v) is 6.86. The Bertz CT molecular complexity index is 459. The predicted molar refractivity (Wildman–Crippen MR) is 75.3 cm³/mol. The van der Waals surface area contributed by atoms with Gasteiger partial charge in [0.05, 0.1) is 0 Å². The van der Waals surface area contributed by atoms with Crippen molar-refractivity contribution in [3.63, 3.8) is 0 Å². The van der Waals surface area contributed by atoms with Crippen LogP contribution in [0, 0.1) is 18.8 Å². The van der Waals surface area contributed by atoms with Gasteiger partial charge in [0.25, 0.3) is 5.91 Å². The number of phenols is 1. The fourth-order valence-electron chi connectivity index (χ4n) is 2.45. The van der Waals surface area contributed by atoms with E-state index in [1.807, 2.05) is 0 Å². The molecule has 104 valence electrons. The maximum Gasteiger partial charge on any atom is 0.251 e. The summed E-state index contributed by atoms with van der Waals surface area (Å²) in [5, 5.41) is 15.8. The number of nitrogens with one attached hydrogen (secondary N) is 2.